The Morgan fingerprint density at radius 2 is 2.25 bits per heavy atom. The first-order chi connectivity index (χ1) is 7.64. The normalized spacial score (nSPS) is 22.9. The third kappa shape index (κ3) is 1.28. The van der Waals surface area contributed by atoms with Gasteiger partial charge in [0, 0.05) is 12.7 Å². The van der Waals surface area contributed by atoms with Crippen LogP contribution < -0.4 is 10.4 Å². The summed E-state index contributed by atoms with van der Waals surface area (Å²) in [4.78, 5) is 22.1. The first-order valence-corrected chi connectivity index (χ1v) is 4.56. The van der Waals surface area contributed by atoms with E-state index >= 15 is 0 Å². The molecular formula is C10H10N2O4. The Kier molecular flexibility index (Phi) is 2.37. The van der Waals surface area contributed by atoms with Crippen LogP contribution in [0.4, 0.5) is 10.5 Å². The standard InChI is InChI=1S/C10H10N2O4/c1-16-10(6-13)7-4-2-3-5-8(7)12(11-10)9(14)15/h2-6,11H,1H3,(H,14,15). The molecule has 1 atom stereocenters. The number of nitrogens with zero attached hydrogens (tertiary/aromatic N) is 1. The van der Waals surface area contributed by atoms with Crippen LogP contribution >= 0.6 is 0 Å². The number of hydrogen-bond acceptors (Lipinski definition) is 4. The van der Waals surface area contributed by atoms with Gasteiger partial charge in [0.25, 0.3) is 0 Å². The average molecular weight is 222 g/mol. The van der Waals surface area contributed by atoms with Gasteiger partial charge in [-0.05, 0) is 6.07 Å². The smallest absolute Gasteiger partial charge is 0.426 e. The lowest BCUT2D eigenvalue weighted by atomic mass is 10.0. The van der Waals surface area contributed by atoms with E-state index in [2.05, 4.69) is 5.43 Å². The van der Waals surface area contributed by atoms with Gasteiger partial charge in [0.05, 0.1) is 5.69 Å². The molecule has 1 heterocycles. The highest BCUT2D eigenvalue weighted by molar-refractivity contribution is 5.91. The number of carbonyl (C=O) groups excluding carboxylic acids is 1. The van der Waals surface area contributed by atoms with E-state index in [1.54, 1.807) is 24.3 Å². The van der Waals surface area contributed by atoms with Crippen molar-refractivity contribution in [3.8, 4) is 0 Å². The number of fused-ring (bicyclic) bond motifs is 1. The van der Waals surface area contributed by atoms with E-state index in [0.29, 0.717) is 17.5 Å². The summed E-state index contributed by atoms with van der Waals surface area (Å²) in [6, 6.07) is 6.64. The quantitative estimate of drug-likeness (QED) is 0.719. The van der Waals surface area contributed by atoms with Crippen molar-refractivity contribution in [2.75, 3.05) is 12.1 Å². The summed E-state index contributed by atoms with van der Waals surface area (Å²) in [5.41, 5.74) is 1.96. The highest BCUT2D eigenvalue weighted by Gasteiger charge is 2.45. The fourth-order valence-electron chi connectivity index (χ4n) is 1.71. The van der Waals surface area contributed by atoms with Gasteiger partial charge in [0.2, 0.25) is 5.72 Å². The zero-order chi connectivity index (χ0) is 11.8. The SMILES string of the molecule is COC1(C=O)NN(C(=O)O)c2ccccc21. The molecule has 0 saturated heterocycles. The van der Waals surface area contributed by atoms with E-state index in [0.717, 1.165) is 5.01 Å². The van der Waals surface area contributed by atoms with E-state index in [1.165, 1.54) is 7.11 Å². The number of benzene rings is 1. The molecule has 0 spiro atoms. The largest absolute Gasteiger partial charge is 0.464 e. The highest BCUT2D eigenvalue weighted by Crippen LogP contribution is 2.36. The summed E-state index contributed by atoms with van der Waals surface area (Å²) in [7, 11) is 1.34. The molecule has 1 aromatic rings. The van der Waals surface area contributed by atoms with E-state index in [4.69, 9.17) is 9.84 Å². The maximum atomic E-state index is 11.1. The van der Waals surface area contributed by atoms with Gasteiger partial charge in [-0.3, -0.25) is 4.79 Å². The van der Waals surface area contributed by atoms with Crippen molar-refractivity contribution in [2.45, 2.75) is 5.72 Å². The van der Waals surface area contributed by atoms with E-state index in [9.17, 15) is 9.59 Å². The molecule has 6 nitrogen and oxygen atoms in total. The topological polar surface area (TPSA) is 78.9 Å². The summed E-state index contributed by atoms with van der Waals surface area (Å²) in [5.74, 6) is 0. The second-order valence-electron chi connectivity index (χ2n) is 3.30. The summed E-state index contributed by atoms with van der Waals surface area (Å²) in [6.45, 7) is 0. The molecule has 1 amide bonds. The number of ether oxygens (including phenoxy) is 1. The molecule has 0 radical (unpaired) electrons. The third-order valence-electron chi connectivity index (χ3n) is 2.50. The molecule has 1 aliphatic heterocycles. The van der Waals surface area contributed by atoms with Gasteiger partial charge in [0.1, 0.15) is 0 Å². The number of aldehydes is 1. The van der Waals surface area contributed by atoms with Gasteiger partial charge in [-0.25, -0.2) is 9.80 Å². The van der Waals surface area contributed by atoms with Gasteiger partial charge in [-0.1, -0.05) is 18.2 Å². The number of amides is 1. The molecule has 2 N–H and O–H groups in total. The molecule has 1 unspecified atom stereocenters. The van der Waals surface area contributed by atoms with Gasteiger partial charge in [-0.2, -0.15) is 5.43 Å². The number of carbonyl (C=O) groups is 2. The van der Waals surface area contributed by atoms with Crippen molar-refractivity contribution in [1.29, 1.82) is 0 Å². The Morgan fingerprint density at radius 3 is 2.81 bits per heavy atom. The maximum absolute atomic E-state index is 11.1. The number of nitrogens with one attached hydrogen (secondary N) is 1. The van der Waals surface area contributed by atoms with Crippen LogP contribution in [0.3, 0.4) is 0 Å². The summed E-state index contributed by atoms with van der Waals surface area (Å²) in [5, 5.41) is 9.84. The van der Waals surface area contributed by atoms with E-state index < -0.39 is 11.8 Å². The van der Waals surface area contributed by atoms with Crippen LogP contribution in [0, 0.1) is 0 Å². The molecule has 84 valence electrons. The fourth-order valence-corrected chi connectivity index (χ4v) is 1.71. The van der Waals surface area contributed by atoms with Crippen LogP contribution in [0.15, 0.2) is 24.3 Å². The van der Waals surface area contributed by atoms with E-state index in [-0.39, 0.29) is 0 Å². The molecule has 1 aromatic carbocycles. The fraction of sp³-hybridized carbons (Fsp3) is 0.200. The number of hydrogen-bond donors (Lipinski definition) is 2. The predicted octanol–water partition coefficient (Wildman–Crippen LogP) is 0.687. The van der Waals surface area contributed by atoms with Crippen LogP contribution in [0.2, 0.25) is 0 Å². The number of rotatable bonds is 2. The first kappa shape index (κ1) is 10.6. The summed E-state index contributed by atoms with van der Waals surface area (Å²) in [6.07, 6.45) is -0.664. The molecule has 0 aromatic heterocycles. The number of hydrazine groups is 1. The van der Waals surface area contributed by atoms with Crippen molar-refractivity contribution in [2.24, 2.45) is 0 Å². The minimum absolute atomic E-state index is 0.393. The maximum Gasteiger partial charge on any atom is 0.426 e. The summed E-state index contributed by atoms with van der Waals surface area (Å²) < 4.78 is 5.07. The van der Waals surface area contributed by atoms with Crippen LogP contribution in [-0.2, 0) is 15.3 Å². The third-order valence-corrected chi connectivity index (χ3v) is 2.50. The van der Waals surface area contributed by atoms with Gasteiger partial charge in [0.15, 0.2) is 6.29 Å². The second kappa shape index (κ2) is 3.58. The molecule has 2 rings (SSSR count). The van der Waals surface area contributed by atoms with Crippen molar-refractivity contribution in [1.82, 2.24) is 5.43 Å². The number of para-hydroxylation sites is 1. The Bertz CT molecular complexity index is 448. The van der Waals surface area contributed by atoms with Crippen LogP contribution in [0.5, 0.6) is 0 Å². The lowest BCUT2D eigenvalue weighted by Crippen LogP contribution is -2.50. The monoisotopic (exact) mass is 222 g/mol. The minimum Gasteiger partial charge on any atom is -0.464 e. The highest BCUT2D eigenvalue weighted by atomic mass is 16.5. The Morgan fingerprint density at radius 1 is 1.56 bits per heavy atom. The molecule has 0 bridgehead atoms. The van der Waals surface area contributed by atoms with Crippen LogP contribution in [-0.4, -0.2) is 24.6 Å². The lowest BCUT2D eigenvalue weighted by Gasteiger charge is -2.22. The zero-order valence-electron chi connectivity index (χ0n) is 8.51. The van der Waals surface area contributed by atoms with Crippen molar-refractivity contribution in [3.05, 3.63) is 29.8 Å². The second-order valence-corrected chi connectivity index (χ2v) is 3.30. The van der Waals surface area contributed by atoms with Crippen LogP contribution in [0.25, 0.3) is 0 Å². The molecule has 16 heavy (non-hydrogen) atoms. The van der Waals surface area contributed by atoms with Crippen LogP contribution in [0.1, 0.15) is 5.56 Å². The van der Waals surface area contributed by atoms with E-state index in [1.807, 2.05) is 0 Å². The molecule has 0 aliphatic carbocycles. The van der Waals surface area contributed by atoms with Gasteiger partial charge >= 0.3 is 6.09 Å². The van der Waals surface area contributed by atoms with Gasteiger partial charge < -0.3 is 9.84 Å². The van der Waals surface area contributed by atoms with Gasteiger partial charge in [-0.15, -0.1) is 0 Å². The Hall–Kier alpha value is -1.92. The molecular weight excluding hydrogens is 212 g/mol. The molecule has 6 heteroatoms. The first-order valence-electron chi connectivity index (χ1n) is 4.56. The molecule has 0 saturated carbocycles. The zero-order valence-corrected chi connectivity index (χ0v) is 8.51. The van der Waals surface area contributed by atoms with Crippen molar-refractivity contribution >= 4 is 18.1 Å². The average Bonchev–Trinajstić information content (AvgIpc) is 2.65. The number of methoxy groups -OCH3 is 1. The van der Waals surface area contributed by atoms with Crippen molar-refractivity contribution in [3.63, 3.8) is 0 Å². The number of anilines is 1. The summed E-state index contributed by atoms with van der Waals surface area (Å²) >= 11 is 0. The molecule has 1 aliphatic rings. The molecule has 0 fully saturated rings. The Labute approximate surface area is 91.4 Å². The lowest BCUT2D eigenvalue weighted by molar-refractivity contribution is -0.131. The Balaban J connectivity index is 2.58. The predicted molar refractivity (Wildman–Crippen MR) is 54.8 cm³/mol. The minimum atomic E-state index is -1.42. The number of carboxylic acid groups (broad SMARTS) is 1. The van der Waals surface area contributed by atoms with Crippen molar-refractivity contribution < 1.29 is 19.4 Å².